The standard InChI is InChI=1S/C17H17Cl2N3O/c18-13-2-1-11(16(19)8-13)5-6-21-17(23)12-7-15(10-20-9-12)22-14-3-4-14/h1-2,7-10,14,22H,3-6H2,(H,21,23). The number of anilines is 1. The van der Waals surface area contributed by atoms with E-state index in [0.29, 0.717) is 34.6 Å². The molecule has 120 valence electrons. The zero-order valence-corrected chi connectivity index (χ0v) is 14.0. The van der Waals surface area contributed by atoms with Crippen molar-refractivity contribution in [1.82, 2.24) is 10.3 Å². The van der Waals surface area contributed by atoms with Crippen molar-refractivity contribution in [3.63, 3.8) is 0 Å². The zero-order chi connectivity index (χ0) is 16.2. The molecular formula is C17H17Cl2N3O. The second-order valence-electron chi connectivity index (χ2n) is 5.62. The van der Waals surface area contributed by atoms with Crippen molar-refractivity contribution in [3.8, 4) is 0 Å². The molecule has 1 heterocycles. The molecule has 2 N–H and O–H groups in total. The maximum absolute atomic E-state index is 12.2. The number of halogens is 2. The number of nitrogens with zero attached hydrogens (tertiary/aromatic N) is 1. The van der Waals surface area contributed by atoms with Crippen LogP contribution in [0, 0.1) is 0 Å². The number of hydrogen-bond donors (Lipinski definition) is 2. The van der Waals surface area contributed by atoms with Gasteiger partial charge >= 0.3 is 0 Å². The second-order valence-corrected chi connectivity index (χ2v) is 6.47. The molecule has 2 aromatic rings. The first-order chi connectivity index (χ1) is 11.1. The van der Waals surface area contributed by atoms with Gasteiger partial charge < -0.3 is 10.6 Å². The molecule has 0 bridgehead atoms. The first-order valence-electron chi connectivity index (χ1n) is 7.55. The summed E-state index contributed by atoms with van der Waals surface area (Å²) in [6.45, 7) is 0.500. The van der Waals surface area contributed by atoms with Gasteiger partial charge in [0.2, 0.25) is 0 Å². The summed E-state index contributed by atoms with van der Waals surface area (Å²) in [5, 5.41) is 7.44. The van der Waals surface area contributed by atoms with Crippen molar-refractivity contribution < 1.29 is 4.79 Å². The van der Waals surface area contributed by atoms with Gasteiger partial charge in [0, 0.05) is 35.0 Å². The Labute approximate surface area is 145 Å². The molecule has 23 heavy (non-hydrogen) atoms. The fourth-order valence-electron chi connectivity index (χ4n) is 2.24. The van der Waals surface area contributed by atoms with Crippen LogP contribution in [0.5, 0.6) is 0 Å². The molecule has 0 atom stereocenters. The van der Waals surface area contributed by atoms with Gasteiger partial charge in [-0.2, -0.15) is 0 Å². The predicted octanol–water partition coefficient (Wildman–Crippen LogP) is 3.94. The van der Waals surface area contributed by atoms with E-state index in [1.54, 1.807) is 24.5 Å². The number of aromatic nitrogens is 1. The molecule has 0 spiro atoms. The van der Waals surface area contributed by atoms with Crippen LogP contribution in [-0.4, -0.2) is 23.5 Å². The van der Waals surface area contributed by atoms with Gasteiger partial charge in [0.25, 0.3) is 5.91 Å². The fourth-order valence-corrected chi connectivity index (χ4v) is 2.75. The van der Waals surface area contributed by atoms with Crippen LogP contribution in [0.4, 0.5) is 5.69 Å². The van der Waals surface area contributed by atoms with Gasteiger partial charge in [-0.15, -0.1) is 0 Å². The SMILES string of the molecule is O=C(NCCc1ccc(Cl)cc1Cl)c1cncc(NC2CC2)c1. The average Bonchev–Trinajstić information content (AvgIpc) is 3.33. The Morgan fingerprint density at radius 1 is 1.22 bits per heavy atom. The third-order valence-corrected chi connectivity index (χ3v) is 4.23. The van der Waals surface area contributed by atoms with Gasteiger partial charge in [-0.25, -0.2) is 0 Å². The molecule has 0 unspecified atom stereocenters. The smallest absolute Gasteiger partial charge is 0.252 e. The lowest BCUT2D eigenvalue weighted by Crippen LogP contribution is -2.26. The highest BCUT2D eigenvalue weighted by atomic mass is 35.5. The maximum atomic E-state index is 12.2. The predicted molar refractivity (Wildman–Crippen MR) is 93.4 cm³/mol. The van der Waals surface area contributed by atoms with Crippen molar-refractivity contribution in [3.05, 3.63) is 57.8 Å². The summed E-state index contributed by atoms with van der Waals surface area (Å²) in [6, 6.07) is 7.73. The highest BCUT2D eigenvalue weighted by molar-refractivity contribution is 6.35. The van der Waals surface area contributed by atoms with Crippen molar-refractivity contribution in [2.24, 2.45) is 0 Å². The Morgan fingerprint density at radius 3 is 2.78 bits per heavy atom. The Bertz CT molecular complexity index is 717. The summed E-state index contributed by atoms with van der Waals surface area (Å²) in [6.07, 6.45) is 6.32. The average molecular weight is 350 g/mol. The van der Waals surface area contributed by atoms with Crippen molar-refractivity contribution in [2.45, 2.75) is 25.3 Å². The number of carbonyl (C=O) groups excluding carboxylic acids is 1. The third-order valence-electron chi connectivity index (χ3n) is 3.64. The Morgan fingerprint density at radius 2 is 2.04 bits per heavy atom. The summed E-state index contributed by atoms with van der Waals surface area (Å²) in [4.78, 5) is 16.3. The highest BCUT2D eigenvalue weighted by Crippen LogP contribution is 2.24. The number of rotatable bonds is 6. The lowest BCUT2D eigenvalue weighted by molar-refractivity contribution is 0.0954. The maximum Gasteiger partial charge on any atom is 0.252 e. The number of hydrogen-bond acceptors (Lipinski definition) is 3. The van der Waals surface area contributed by atoms with Crippen LogP contribution < -0.4 is 10.6 Å². The second kappa shape index (κ2) is 7.20. The van der Waals surface area contributed by atoms with Crippen molar-refractivity contribution in [2.75, 3.05) is 11.9 Å². The summed E-state index contributed by atoms with van der Waals surface area (Å²) in [5.74, 6) is -0.137. The largest absolute Gasteiger partial charge is 0.381 e. The molecule has 1 aromatic heterocycles. The molecule has 1 aliphatic carbocycles. The molecule has 1 amide bonds. The van der Waals surface area contributed by atoms with Crippen LogP contribution in [-0.2, 0) is 6.42 Å². The van der Waals surface area contributed by atoms with E-state index in [1.165, 1.54) is 12.8 Å². The normalized spacial score (nSPS) is 13.7. The lowest BCUT2D eigenvalue weighted by atomic mass is 10.1. The summed E-state index contributed by atoms with van der Waals surface area (Å²) >= 11 is 12.0. The van der Waals surface area contributed by atoms with E-state index < -0.39 is 0 Å². The van der Waals surface area contributed by atoms with E-state index in [4.69, 9.17) is 23.2 Å². The zero-order valence-electron chi connectivity index (χ0n) is 12.5. The van der Waals surface area contributed by atoms with E-state index in [0.717, 1.165) is 11.3 Å². The number of amides is 1. The topological polar surface area (TPSA) is 54.0 Å². The molecule has 1 fully saturated rings. The van der Waals surface area contributed by atoms with Crippen LogP contribution in [0.3, 0.4) is 0 Å². The molecule has 3 rings (SSSR count). The molecule has 1 saturated carbocycles. The number of benzene rings is 1. The molecule has 0 radical (unpaired) electrons. The van der Waals surface area contributed by atoms with Crippen LogP contribution in [0.25, 0.3) is 0 Å². The molecule has 4 nitrogen and oxygen atoms in total. The Hall–Kier alpha value is -1.78. The van der Waals surface area contributed by atoms with Crippen LogP contribution in [0.2, 0.25) is 10.0 Å². The van der Waals surface area contributed by atoms with Gasteiger partial charge in [-0.1, -0.05) is 29.3 Å². The third kappa shape index (κ3) is 4.60. The molecule has 1 aromatic carbocycles. The molecule has 1 aliphatic rings. The summed E-state index contributed by atoms with van der Waals surface area (Å²) < 4.78 is 0. The van der Waals surface area contributed by atoms with E-state index in [9.17, 15) is 4.79 Å². The highest BCUT2D eigenvalue weighted by Gasteiger charge is 2.21. The molecule has 0 aliphatic heterocycles. The minimum atomic E-state index is -0.137. The van der Waals surface area contributed by atoms with E-state index in [2.05, 4.69) is 15.6 Å². The molecule has 0 saturated heterocycles. The van der Waals surface area contributed by atoms with Crippen LogP contribution in [0.1, 0.15) is 28.8 Å². The van der Waals surface area contributed by atoms with Crippen LogP contribution >= 0.6 is 23.2 Å². The van der Waals surface area contributed by atoms with Gasteiger partial charge in [0.1, 0.15) is 0 Å². The van der Waals surface area contributed by atoms with Gasteiger partial charge in [-0.3, -0.25) is 9.78 Å². The number of nitrogens with one attached hydrogen (secondary N) is 2. The summed E-state index contributed by atoms with van der Waals surface area (Å²) in [7, 11) is 0. The van der Waals surface area contributed by atoms with Crippen molar-refractivity contribution >= 4 is 34.8 Å². The van der Waals surface area contributed by atoms with Crippen molar-refractivity contribution in [1.29, 1.82) is 0 Å². The molecule has 6 heteroatoms. The van der Waals surface area contributed by atoms with E-state index >= 15 is 0 Å². The first-order valence-corrected chi connectivity index (χ1v) is 8.31. The minimum Gasteiger partial charge on any atom is -0.381 e. The first kappa shape index (κ1) is 16.1. The van der Waals surface area contributed by atoms with Gasteiger partial charge in [-0.05, 0) is 43.0 Å². The number of carbonyl (C=O) groups is 1. The Kier molecular flexibility index (Phi) is 5.03. The van der Waals surface area contributed by atoms with Gasteiger partial charge in [0.05, 0.1) is 11.3 Å². The fraction of sp³-hybridized carbons (Fsp3) is 0.294. The van der Waals surface area contributed by atoms with Crippen LogP contribution in [0.15, 0.2) is 36.7 Å². The summed E-state index contributed by atoms with van der Waals surface area (Å²) in [5.41, 5.74) is 2.40. The minimum absolute atomic E-state index is 0.137. The van der Waals surface area contributed by atoms with E-state index in [1.807, 2.05) is 12.1 Å². The quantitative estimate of drug-likeness (QED) is 0.830. The van der Waals surface area contributed by atoms with Gasteiger partial charge in [0.15, 0.2) is 0 Å². The van der Waals surface area contributed by atoms with E-state index in [-0.39, 0.29) is 5.91 Å². The molecular weight excluding hydrogens is 333 g/mol. The monoisotopic (exact) mass is 349 g/mol. The Balaban J connectivity index is 1.54. The number of pyridine rings is 1. The lowest BCUT2D eigenvalue weighted by Gasteiger charge is -2.09.